The zero-order valence-electron chi connectivity index (χ0n) is 15.0. The maximum atomic E-state index is 14.1. The molecular weight excluding hydrogens is 388 g/mol. The molecule has 3 rings (SSSR count). The number of amides is 1. The highest BCUT2D eigenvalue weighted by atomic mass is 35.5. The fraction of sp³-hybridized carbons (Fsp3) is 0.150. The third-order valence-electron chi connectivity index (χ3n) is 4.19. The summed E-state index contributed by atoms with van der Waals surface area (Å²) in [6.07, 6.45) is 0. The van der Waals surface area contributed by atoms with E-state index in [1.54, 1.807) is 19.9 Å². The largest absolute Gasteiger partial charge is 0.344 e. The zero-order valence-corrected chi connectivity index (χ0v) is 15.8. The maximum Gasteiger partial charge on any atom is 0.276 e. The summed E-state index contributed by atoms with van der Waals surface area (Å²) in [6, 6.07) is 10.6. The Bertz CT molecular complexity index is 1110. The van der Waals surface area contributed by atoms with Crippen molar-refractivity contribution in [2.45, 2.75) is 19.9 Å². The molecule has 2 aromatic carbocycles. The first-order valence-electron chi connectivity index (χ1n) is 8.39. The van der Waals surface area contributed by atoms with Gasteiger partial charge in [0.2, 0.25) is 5.43 Å². The quantitative estimate of drug-likeness (QED) is 0.717. The van der Waals surface area contributed by atoms with Crippen LogP contribution in [0.5, 0.6) is 0 Å². The minimum Gasteiger partial charge on any atom is -0.344 e. The topological polar surface area (TPSA) is 64.0 Å². The van der Waals surface area contributed by atoms with E-state index in [4.69, 9.17) is 11.6 Å². The van der Waals surface area contributed by atoms with E-state index in [0.29, 0.717) is 11.3 Å². The summed E-state index contributed by atoms with van der Waals surface area (Å²) >= 11 is 5.77. The second-order valence-electron chi connectivity index (χ2n) is 6.23. The van der Waals surface area contributed by atoms with Crippen molar-refractivity contribution in [2.24, 2.45) is 0 Å². The third kappa shape index (κ3) is 3.94. The lowest BCUT2D eigenvalue weighted by Gasteiger charge is -2.16. The predicted molar refractivity (Wildman–Crippen MR) is 102 cm³/mol. The Morgan fingerprint density at radius 1 is 1.14 bits per heavy atom. The summed E-state index contributed by atoms with van der Waals surface area (Å²) in [6.45, 7) is 3.25. The van der Waals surface area contributed by atoms with Crippen LogP contribution in [0, 0.1) is 18.6 Å². The average molecular weight is 404 g/mol. The van der Waals surface area contributed by atoms with Gasteiger partial charge in [-0.25, -0.2) is 13.5 Å². The van der Waals surface area contributed by atoms with E-state index in [9.17, 15) is 18.4 Å². The summed E-state index contributed by atoms with van der Waals surface area (Å²) in [4.78, 5) is 24.9. The Hall–Kier alpha value is -3.06. The van der Waals surface area contributed by atoms with Gasteiger partial charge in [0, 0.05) is 11.8 Å². The molecule has 144 valence electrons. The highest BCUT2D eigenvalue weighted by Gasteiger charge is 2.19. The molecule has 1 aromatic heterocycles. The maximum absolute atomic E-state index is 14.1. The Labute approximate surface area is 164 Å². The second kappa shape index (κ2) is 7.90. The van der Waals surface area contributed by atoms with Crippen molar-refractivity contribution in [3.8, 4) is 5.69 Å². The van der Waals surface area contributed by atoms with Gasteiger partial charge in [0.1, 0.15) is 17.3 Å². The van der Waals surface area contributed by atoms with Crippen LogP contribution in [0.4, 0.5) is 8.78 Å². The zero-order chi connectivity index (χ0) is 20.4. The van der Waals surface area contributed by atoms with Gasteiger partial charge in [-0.2, -0.15) is 5.10 Å². The van der Waals surface area contributed by atoms with Crippen molar-refractivity contribution in [1.29, 1.82) is 0 Å². The first-order chi connectivity index (χ1) is 13.3. The Kier molecular flexibility index (Phi) is 5.56. The lowest BCUT2D eigenvalue weighted by atomic mass is 10.1. The molecule has 8 heteroatoms. The lowest BCUT2D eigenvalue weighted by molar-refractivity contribution is 0.0931. The number of benzene rings is 2. The van der Waals surface area contributed by atoms with Crippen molar-refractivity contribution in [3.63, 3.8) is 0 Å². The highest BCUT2D eigenvalue weighted by Crippen LogP contribution is 2.21. The molecule has 0 fully saturated rings. The molecule has 1 heterocycles. The van der Waals surface area contributed by atoms with Gasteiger partial charge < -0.3 is 5.32 Å². The smallest absolute Gasteiger partial charge is 0.276 e. The second-order valence-corrected chi connectivity index (χ2v) is 6.64. The Morgan fingerprint density at radius 2 is 1.86 bits per heavy atom. The summed E-state index contributed by atoms with van der Waals surface area (Å²) in [5, 5.41) is 6.60. The molecule has 3 aromatic rings. The van der Waals surface area contributed by atoms with Gasteiger partial charge >= 0.3 is 0 Å². The van der Waals surface area contributed by atoms with Crippen LogP contribution in [0.1, 0.15) is 34.7 Å². The molecule has 5 nitrogen and oxygen atoms in total. The van der Waals surface area contributed by atoms with Gasteiger partial charge in [0.25, 0.3) is 5.91 Å². The van der Waals surface area contributed by atoms with Gasteiger partial charge in [0.05, 0.1) is 11.1 Å². The van der Waals surface area contributed by atoms with Crippen molar-refractivity contribution in [2.75, 3.05) is 0 Å². The van der Waals surface area contributed by atoms with Crippen LogP contribution in [0.3, 0.4) is 0 Å². The predicted octanol–water partition coefficient (Wildman–Crippen LogP) is 3.96. The van der Waals surface area contributed by atoms with Crippen molar-refractivity contribution >= 4 is 17.5 Å². The lowest BCUT2D eigenvalue weighted by Crippen LogP contribution is -2.33. The third-order valence-corrected chi connectivity index (χ3v) is 4.48. The van der Waals surface area contributed by atoms with Crippen molar-refractivity contribution in [3.05, 3.63) is 92.4 Å². The Morgan fingerprint density at radius 3 is 2.54 bits per heavy atom. The molecule has 28 heavy (non-hydrogen) atoms. The number of carbonyl (C=O) groups is 1. The molecule has 1 unspecified atom stereocenters. The molecule has 1 amide bonds. The van der Waals surface area contributed by atoms with E-state index in [1.807, 2.05) is 0 Å². The van der Waals surface area contributed by atoms with Crippen LogP contribution in [-0.4, -0.2) is 15.7 Å². The summed E-state index contributed by atoms with van der Waals surface area (Å²) < 4.78 is 28.6. The summed E-state index contributed by atoms with van der Waals surface area (Å²) in [5.41, 5.74) is 0.0829. The number of nitrogens with zero attached hydrogens (tertiary/aromatic N) is 2. The van der Waals surface area contributed by atoms with Gasteiger partial charge in [-0.05, 0) is 43.7 Å². The molecule has 0 spiro atoms. The van der Waals surface area contributed by atoms with Crippen molar-refractivity contribution < 1.29 is 13.6 Å². The molecule has 1 atom stereocenters. The summed E-state index contributed by atoms with van der Waals surface area (Å²) in [5.74, 6) is -1.85. The first kappa shape index (κ1) is 19.7. The molecular formula is C20H16ClF2N3O2. The molecule has 0 radical (unpaired) electrons. The monoisotopic (exact) mass is 403 g/mol. The molecule has 0 saturated heterocycles. The molecule has 0 saturated carbocycles. The van der Waals surface area contributed by atoms with Gasteiger partial charge in [-0.3, -0.25) is 9.59 Å². The van der Waals surface area contributed by atoms with Crippen LogP contribution in [0.15, 0.2) is 53.3 Å². The number of aromatic nitrogens is 2. The van der Waals surface area contributed by atoms with Crippen LogP contribution < -0.4 is 10.7 Å². The molecule has 0 aliphatic carbocycles. The highest BCUT2D eigenvalue weighted by molar-refractivity contribution is 6.30. The molecule has 1 N–H and O–H groups in total. The SMILES string of the molecule is Cc1cc(=O)c(C(=O)NC(C)c2ccc(F)c(Cl)c2)nn1-c1ccccc1F. The van der Waals surface area contributed by atoms with E-state index in [1.165, 1.54) is 47.1 Å². The average Bonchev–Trinajstić information content (AvgIpc) is 2.64. The van der Waals surface area contributed by atoms with Gasteiger partial charge in [0.15, 0.2) is 5.69 Å². The van der Waals surface area contributed by atoms with E-state index < -0.39 is 29.0 Å². The number of hydrogen-bond acceptors (Lipinski definition) is 3. The number of rotatable bonds is 4. The van der Waals surface area contributed by atoms with Gasteiger partial charge in [-0.15, -0.1) is 0 Å². The number of nitrogens with one attached hydrogen (secondary N) is 1. The number of hydrogen-bond donors (Lipinski definition) is 1. The van der Waals surface area contributed by atoms with Crippen LogP contribution in [-0.2, 0) is 0 Å². The van der Waals surface area contributed by atoms with Gasteiger partial charge in [-0.1, -0.05) is 29.8 Å². The van der Waals surface area contributed by atoms with E-state index >= 15 is 0 Å². The number of aryl methyl sites for hydroxylation is 1. The van der Waals surface area contributed by atoms with Crippen LogP contribution in [0.25, 0.3) is 5.69 Å². The van der Waals surface area contributed by atoms with E-state index in [-0.39, 0.29) is 16.4 Å². The fourth-order valence-electron chi connectivity index (χ4n) is 2.70. The minimum absolute atomic E-state index is 0.0750. The van der Waals surface area contributed by atoms with E-state index in [2.05, 4.69) is 10.4 Å². The minimum atomic E-state index is -0.733. The van der Waals surface area contributed by atoms with Crippen molar-refractivity contribution in [1.82, 2.24) is 15.1 Å². The fourth-order valence-corrected chi connectivity index (χ4v) is 2.89. The number of para-hydroxylation sites is 1. The van der Waals surface area contributed by atoms with E-state index in [0.717, 1.165) is 0 Å². The summed E-state index contributed by atoms with van der Waals surface area (Å²) in [7, 11) is 0. The Balaban J connectivity index is 1.93. The first-order valence-corrected chi connectivity index (χ1v) is 8.77. The molecule has 0 aliphatic heterocycles. The normalized spacial score (nSPS) is 11.9. The molecule has 0 aliphatic rings. The molecule has 0 bridgehead atoms. The van der Waals surface area contributed by atoms with Crippen LogP contribution in [0.2, 0.25) is 5.02 Å². The standard InChI is InChI=1S/C20H16ClF2N3O2/c1-11-9-18(27)19(25-26(11)17-6-4-3-5-16(17)23)20(28)24-12(2)13-7-8-15(22)14(21)10-13/h3-10,12H,1-2H3,(H,24,28). The number of carbonyl (C=O) groups excluding carboxylic acids is 1. The number of halogens is 3. The van der Waals surface area contributed by atoms with Crippen LogP contribution >= 0.6 is 11.6 Å².